The van der Waals surface area contributed by atoms with Gasteiger partial charge in [-0.3, -0.25) is 9.69 Å². The van der Waals surface area contributed by atoms with Gasteiger partial charge in [0.25, 0.3) is 5.56 Å². The Hall–Kier alpha value is -1.40. The second kappa shape index (κ2) is 4.94. The lowest BCUT2D eigenvalue weighted by molar-refractivity contribution is 0.221. The van der Waals surface area contributed by atoms with Crippen LogP contribution in [-0.4, -0.2) is 21.2 Å². The average molecular weight is 324 g/mol. The Balaban J connectivity index is 1.78. The molecule has 0 amide bonds. The molecule has 0 aliphatic carbocycles. The van der Waals surface area contributed by atoms with Gasteiger partial charge >= 0.3 is 0 Å². The van der Waals surface area contributed by atoms with Gasteiger partial charge in [0.15, 0.2) is 4.67 Å². The van der Waals surface area contributed by atoms with E-state index in [-0.39, 0.29) is 5.56 Å². The molecule has 0 N–H and O–H groups in total. The molecule has 0 unspecified atom stereocenters. The third kappa shape index (κ3) is 2.64. The topological polar surface area (TPSA) is 51.3 Å². The minimum atomic E-state index is -0.0543. The molecular weight excluding hydrogens is 310 g/mol. The van der Waals surface area contributed by atoms with Crippen LogP contribution < -0.4 is 5.56 Å². The second-order valence-electron chi connectivity index (χ2n) is 4.74. The number of hydrogen-bond acceptors (Lipinski definition) is 4. The van der Waals surface area contributed by atoms with Crippen molar-refractivity contribution in [3.63, 3.8) is 0 Å². The molecule has 3 heterocycles. The molecule has 2 aromatic heterocycles. The Bertz CT molecular complexity index is 662. The number of rotatable bonds is 2. The Morgan fingerprint density at radius 3 is 3.05 bits per heavy atom. The molecule has 19 heavy (non-hydrogen) atoms. The standard InChI is InChI=1S/C13H14BrN3O2/c1-16-13(18)6-9-7-17(5-4-11(9)15-16)8-10-2-3-12(14)19-10/h2-3,6H,4-5,7-8H2,1H3. The van der Waals surface area contributed by atoms with Crippen LogP contribution in [-0.2, 0) is 26.6 Å². The summed E-state index contributed by atoms with van der Waals surface area (Å²) in [6.45, 7) is 2.42. The van der Waals surface area contributed by atoms with E-state index in [4.69, 9.17) is 4.42 Å². The van der Waals surface area contributed by atoms with Gasteiger partial charge in [0.1, 0.15) is 5.76 Å². The van der Waals surface area contributed by atoms with Crippen molar-refractivity contribution in [3.8, 4) is 0 Å². The molecule has 0 spiro atoms. The van der Waals surface area contributed by atoms with Gasteiger partial charge in [0, 0.05) is 32.6 Å². The molecular formula is C13H14BrN3O2. The van der Waals surface area contributed by atoms with Crippen molar-refractivity contribution in [3.05, 3.63) is 50.2 Å². The molecule has 1 aliphatic rings. The van der Waals surface area contributed by atoms with E-state index in [0.29, 0.717) is 0 Å². The maximum Gasteiger partial charge on any atom is 0.266 e. The fraction of sp³-hybridized carbons (Fsp3) is 0.385. The van der Waals surface area contributed by atoms with Gasteiger partial charge in [-0.1, -0.05) is 0 Å². The van der Waals surface area contributed by atoms with Crippen molar-refractivity contribution < 1.29 is 4.42 Å². The average Bonchev–Trinajstić information content (AvgIpc) is 2.77. The van der Waals surface area contributed by atoms with E-state index in [2.05, 4.69) is 25.9 Å². The number of furan rings is 1. The highest BCUT2D eigenvalue weighted by atomic mass is 79.9. The van der Waals surface area contributed by atoms with Gasteiger partial charge in [0.05, 0.1) is 12.2 Å². The highest BCUT2D eigenvalue weighted by molar-refractivity contribution is 9.10. The maximum absolute atomic E-state index is 11.6. The Morgan fingerprint density at radius 2 is 2.32 bits per heavy atom. The molecule has 5 nitrogen and oxygen atoms in total. The highest BCUT2D eigenvalue weighted by Crippen LogP contribution is 2.20. The van der Waals surface area contributed by atoms with Gasteiger partial charge in [0.2, 0.25) is 0 Å². The molecule has 0 saturated carbocycles. The van der Waals surface area contributed by atoms with E-state index in [0.717, 1.165) is 47.7 Å². The molecule has 2 aromatic rings. The number of aromatic nitrogens is 2. The first kappa shape index (κ1) is 12.6. The van der Waals surface area contributed by atoms with Gasteiger partial charge in [-0.05, 0) is 33.6 Å². The number of hydrogen-bond donors (Lipinski definition) is 0. The summed E-state index contributed by atoms with van der Waals surface area (Å²) in [7, 11) is 1.69. The van der Waals surface area contributed by atoms with E-state index in [1.54, 1.807) is 13.1 Å². The van der Waals surface area contributed by atoms with E-state index >= 15 is 0 Å². The lowest BCUT2D eigenvalue weighted by Crippen LogP contribution is -2.33. The maximum atomic E-state index is 11.6. The molecule has 6 heteroatoms. The van der Waals surface area contributed by atoms with Crippen molar-refractivity contribution >= 4 is 15.9 Å². The first-order valence-corrected chi connectivity index (χ1v) is 6.94. The van der Waals surface area contributed by atoms with Crippen molar-refractivity contribution in [2.75, 3.05) is 6.54 Å². The first-order valence-electron chi connectivity index (χ1n) is 6.14. The minimum absolute atomic E-state index is 0.0543. The summed E-state index contributed by atoms with van der Waals surface area (Å²) in [6, 6.07) is 5.54. The zero-order valence-electron chi connectivity index (χ0n) is 10.6. The zero-order valence-corrected chi connectivity index (χ0v) is 12.2. The van der Waals surface area contributed by atoms with Crippen LogP contribution >= 0.6 is 15.9 Å². The predicted octanol–water partition coefficient (Wildman–Crippen LogP) is 1.69. The van der Waals surface area contributed by atoms with Gasteiger partial charge in [-0.2, -0.15) is 5.10 Å². The van der Waals surface area contributed by atoms with E-state index in [1.165, 1.54) is 4.68 Å². The smallest absolute Gasteiger partial charge is 0.266 e. The highest BCUT2D eigenvalue weighted by Gasteiger charge is 2.19. The lowest BCUT2D eigenvalue weighted by atomic mass is 10.1. The minimum Gasteiger partial charge on any atom is -0.453 e. The molecule has 0 bridgehead atoms. The largest absolute Gasteiger partial charge is 0.453 e. The lowest BCUT2D eigenvalue weighted by Gasteiger charge is -2.27. The predicted molar refractivity (Wildman–Crippen MR) is 73.7 cm³/mol. The van der Waals surface area contributed by atoms with Gasteiger partial charge in [-0.15, -0.1) is 0 Å². The number of halogens is 1. The van der Waals surface area contributed by atoms with Crippen LogP contribution in [0.2, 0.25) is 0 Å². The SMILES string of the molecule is Cn1nc2c(cc1=O)CN(Cc1ccc(Br)o1)CC2. The number of aryl methyl sites for hydroxylation is 1. The van der Waals surface area contributed by atoms with Crippen LogP contribution in [0.15, 0.2) is 32.1 Å². The van der Waals surface area contributed by atoms with Crippen LogP contribution in [0.3, 0.4) is 0 Å². The van der Waals surface area contributed by atoms with Crippen molar-refractivity contribution in [1.82, 2.24) is 14.7 Å². The fourth-order valence-corrected chi connectivity index (χ4v) is 2.68. The molecule has 0 radical (unpaired) electrons. The third-order valence-corrected chi connectivity index (χ3v) is 3.75. The molecule has 0 fully saturated rings. The summed E-state index contributed by atoms with van der Waals surface area (Å²) in [6.07, 6.45) is 0.866. The van der Waals surface area contributed by atoms with Crippen LogP contribution in [0.1, 0.15) is 17.0 Å². The molecule has 1 aliphatic heterocycles. The summed E-state index contributed by atoms with van der Waals surface area (Å²) < 4.78 is 7.66. The van der Waals surface area contributed by atoms with Crippen LogP contribution in [0.4, 0.5) is 0 Å². The van der Waals surface area contributed by atoms with Crippen molar-refractivity contribution in [1.29, 1.82) is 0 Å². The van der Waals surface area contributed by atoms with Crippen LogP contribution in [0, 0.1) is 0 Å². The summed E-state index contributed by atoms with van der Waals surface area (Å²) in [5.41, 5.74) is 2.00. The van der Waals surface area contributed by atoms with E-state index in [9.17, 15) is 4.79 Å². The van der Waals surface area contributed by atoms with Crippen molar-refractivity contribution in [2.24, 2.45) is 7.05 Å². The zero-order chi connectivity index (χ0) is 13.4. The second-order valence-corrected chi connectivity index (χ2v) is 5.53. The molecule has 0 aromatic carbocycles. The summed E-state index contributed by atoms with van der Waals surface area (Å²) in [5, 5.41) is 4.31. The molecule has 0 saturated heterocycles. The van der Waals surface area contributed by atoms with Gasteiger partial charge < -0.3 is 4.42 Å². The number of nitrogens with zero attached hydrogens (tertiary/aromatic N) is 3. The molecule has 100 valence electrons. The molecule has 3 rings (SSSR count). The summed E-state index contributed by atoms with van der Waals surface area (Å²) >= 11 is 3.30. The normalized spacial score (nSPS) is 15.5. The summed E-state index contributed by atoms with van der Waals surface area (Å²) in [5.74, 6) is 0.923. The summed E-state index contributed by atoms with van der Waals surface area (Å²) in [4.78, 5) is 13.9. The first-order chi connectivity index (χ1) is 9.11. The monoisotopic (exact) mass is 323 g/mol. The van der Waals surface area contributed by atoms with E-state index in [1.807, 2.05) is 12.1 Å². The Labute approximate surface area is 119 Å². The van der Waals surface area contributed by atoms with Gasteiger partial charge in [-0.25, -0.2) is 4.68 Å². The van der Waals surface area contributed by atoms with Crippen molar-refractivity contribution in [2.45, 2.75) is 19.5 Å². The quantitative estimate of drug-likeness (QED) is 0.844. The Morgan fingerprint density at radius 1 is 1.47 bits per heavy atom. The third-order valence-electron chi connectivity index (χ3n) is 3.33. The van der Waals surface area contributed by atoms with Crippen LogP contribution in [0.25, 0.3) is 0 Å². The Kier molecular flexibility index (Phi) is 3.28. The molecule has 0 atom stereocenters. The fourth-order valence-electron chi connectivity index (χ4n) is 2.34. The number of fused-ring (bicyclic) bond motifs is 1. The van der Waals surface area contributed by atoms with Crippen LogP contribution in [0.5, 0.6) is 0 Å². The van der Waals surface area contributed by atoms with E-state index < -0.39 is 0 Å².